The predicted molar refractivity (Wildman–Crippen MR) is 69.7 cm³/mol. The van der Waals surface area contributed by atoms with Crippen molar-refractivity contribution < 1.29 is 19.4 Å². The zero-order valence-electron chi connectivity index (χ0n) is 11.7. The van der Waals surface area contributed by atoms with Crippen LogP contribution in [0.15, 0.2) is 0 Å². The average Bonchev–Trinajstić information content (AvgIpc) is 2.33. The largest absolute Gasteiger partial charge is 0.481 e. The lowest BCUT2D eigenvalue weighted by Crippen LogP contribution is -2.51. The fourth-order valence-corrected chi connectivity index (χ4v) is 2.85. The van der Waals surface area contributed by atoms with Crippen LogP contribution in [-0.4, -0.2) is 48.2 Å². The third-order valence-electron chi connectivity index (χ3n) is 4.77. The number of carbonyl (C=O) groups is 2. The minimum atomic E-state index is -0.762. The number of carboxylic acid groups (broad SMARTS) is 1. The molecule has 2 aliphatic rings. The number of piperidine rings is 1. The van der Waals surface area contributed by atoms with Crippen LogP contribution >= 0.6 is 0 Å². The van der Waals surface area contributed by atoms with Crippen LogP contribution in [0.2, 0.25) is 0 Å². The lowest BCUT2D eigenvalue weighted by atomic mass is 9.78. The number of carboxylic acids is 1. The van der Waals surface area contributed by atoms with Gasteiger partial charge in [0.15, 0.2) is 0 Å². The molecule has 1 saturated carbocycles. The number of rotatable bonds is 4. The maximum Gasteiger partial charge on any atom is 0.309 e. The third-order valence-corrected chi connectivity index (χ3v) is 4.77. The summed E-state index contributed by atoms with van der Waals surface area (Å²) in [6, 6.07) is 0. The van der Waals surface area contributed by atoms with E-state index >= 15 is 0 Å². The zero-order chi connectivity index (χ0) is 14.0. The first kappa shape index (κ1) is 14.3. The highest BCUT2D eigenvalue weighted by Gasteiger charge is 2.41. The number of ether oxygens (including phenoxy) is 1. The number of nitrogens with zero attached hydrogens (tertiary/aromatic N) is 1. The minimum Gasteiger partial charge on any atom is -0.481 e. The number of carbonyl (C=O) groups excluding carboxylic acids is 1. The van der Waals surface area contributed by atoms with Crippen LogP contribution in [0.4, 0.5) is 0 Å². The SMILES string of the molecule is COC(C(=O)N1CCC(C)(C(=O)O)CC1)C1CCC1. The van der Waals surface area contributed by atoms with Crippen molar-refractivity contribution in [3.63, 3.8) is 0 Å². The second kappa shape index (κ2) is 5.49. The quantitative estimate of drug-likeness (QED) is 0.840. The van der Waals surface area contributed by atoms with Gasteiger partial charge in [-0.25, -0.2) is 0 Å². The van der Waals surface area contributed by atoms with Gasteiger partial charge in [-0.2, -0.15) is 0 Å². The van der Waals surface area contributed by atoms with E-state index in [4.69, 9.17) is 4.74 Å². The number of amides is 1. The molecule has 0 aromatic carbocycles. The van der Waals surface area contributed by atoms with Crippen molar-refractivity contribution in [1.29, 1.82) is 0 Å². The highest BCUT2D eigenvalue weighted by molar-refractivity contribution is 5.82. The number of methoxy groups -OCH3 is 1. The first-order chi connectivity index (χ1) is 8.98. The van der Waals surface area contributed by atoms with Crippen LogP contribution < -0.4 is 0 Å². The van der Waals surface area contributed by atoms with E-state index in [0.717, 1.165) is 12.8 Å². The molecule has 1 aliphatic heterocycles. The van der Waals surface area contributed by atoms with Crippen molar-refractivity contribution in [1.82, 2.24) is 4.90 Å². The molecular formula is C14H23NO4. The number of aliphatic carboxylic acids is 1. The van der Waals surface area contributed by atoms with E-state index in [0.29, 0.717) is 31.8 Å². The number of hydrogen-bond acceptors (Lipinski definition) is 3. The zero-order valence-corrected chi connectivity index (χ0v) is 11.7. The Hall–Kier alpha value is -1.10. The molecule has 0 aromatic heterocycles. The summed E-state index contributed by atoms with van der Waals surface area (Å²) in [5.41, 5.74) is -0.685. The molecule has 1 saturated heterocycles. The summed E-state index contributed by atoms with van der Waals surface area (Å²) in [7, 11) is 1.59. The van der Waals surface area contributed by atoms with Gasteiger partial charge in [0.05, 0.1) is 5.41 Å². The highest BCUT2D eigenvalue weighted by Crippen LogP contribution is 2.34. The molecule has 2 rings (SSSR count). The van der Waals surface area contributed by atoms with Crippen LogP contribution in [0.1, 0.15) is 39.0 Å². The van der Waals surface area contributed by atoms with Crippen molar-refractivity contribution >= 4 is 11.9 Å². The van der Waals surface area contributed by atoms with Gasteiger partial charge in [0.25, 0.3) is 5.91 Å². The molecule has 5 heteroatoms. The van der Waals surface area contributed by atoms with Crippen molar-refractivity contribution in [3.8, 4) is 0 Å². The number of hydrogen-bond donors (Lipinski definition) is 1. The number of likely N-dealkylation sites (tertiary alicyclic amines) is 1. The molecule has 0 bridgehead atoms. The van der Waals surface area contributed by atoms with E-state index in [1.807, 2.05) is 0 Å². The average molecular weight is 269 g/mol. The predicted octanol–water partition coefficient (Wildman–Crippen LogP) is 1.51. The van der Waals surface area contributed by atoms with Crippen molar-refractivity contribution in [2.45, 2.75) is 45.1 Å². The van der Waals surface area contributed by atoms with E-state index in [-0.39, 0.29) is 12.0 Å². The van der Waals surface area contributed by atoms with Gasteiger partial charge in [-0.05, 0) is 38.5 Å². The van der Waals surface area contributed by atoms with Crippen molar-refractivity contribution in [3.05, 3.63) is 0 Å². The Labute approximate surface area is 113 Å². The van der Waals surface area contributed by atoms with E-state index in [2.05, 4.69) is 0 Å². The van der Waals surface area contributed by atoms with E-state index in [9.17, 15) is 14.7 Å². The maximum absolute atomic E-state index is 12.4. The Morgan fingerprint density at radius 2 is 1.89 bits per heavy atom. The van der Waals surface area contributed by atoms with Gasteiger partial charge in [0.1, 0.15) is 6.10 Å². The lowest BCUT2D eigenvalue weighted by Gasteiger charge is -2.40. The maximum atomic E-state index is 12.4. The standard InChI is InChI=1S/C14H23NO4/c1-14(13(17)18)6-8-15(9-7-14)12(16)11(19-2)10-4-3-5-10/h10-11H,3-9H2,1-2H3,(H,17,18). The lowest BCUT2D eigenvalue weighted by molar-refractivity contribution is -0.157. The minimum absolute atomic E-state index is 0.0413. The first-order valence-corrected chi connectivity index (χ1v) is 7.03. The van der Waals surface area contributed by atoms with Gasteiger partial charge in [0.2, 0.25) is 0 Å². The van der Waals surface area contributed by atoms with Crippen molar-refractivity contribution in [2.75, 3.05) is 20.2 Å². The monoisotopic (exact) mass is 269 g/mol. The second-order valence-corrected chi connectivity index (χ2v) is 6.04. The molecule has 1 amide bonds. The normalized spacial score (nSPS) is 24.6. The Balaban J connectivity index is 1.93. The van der Waals surface area contributed by atoms with Gasteiger partial charge in [-0.1, -0.05) is 6.42 Å². The van der Waals surface area contributed by atoms with Crippen LogP contribution in [0.5, 0.6) is 0 Å². The molecule has 1 unspecified atom stereocenters. The molecule has 0 aromatic rings. The van der Waals surface area contributed by atoms with Crippen LogP contribution in [0, 0.1) is 11.3 Å². The molecule has 0 radical (unpaired) electrons. The molecule has 108 valence electrons. The molecule has 1 atom stereocenters. The summed E-state index contributed by atoms with van der Waals surface area (Å²) in [4.78, 5) is 25.4. The Morgan fingerprint density at radius 1 is 1.32 bits per heavy atom. The second-order valence-electron chi connectivity index (χ2n) is 6.04. The van der Waals surface area contributed by atoms with E-state index < -0.39 is 11.4 Å². The molecule has 1 aliphatic carbocycles. The molecule has 5 nitrogen and oxygen atoms in total. The Kier molecular flexibility index (Phi) is 4.13. The smallest absolute Gasteiger partial charge is 0.309 e. The summed E-state index contributed by atoms with van der Waals surface area (Å²) in [5, 5.41) is 9.19. The molecule has 2 fully saturated rings. The fourth-order valence-electron chi connectivity index (χ4n) is 2.85. The summed E-state index contributed by atoms with van der Waals surface area (Å²) >= 11 is 0. The summed E-state index contributed by atoms with van der Waals surface area (Å²) in [6.07, 6.45) is 4.01. The van der Waals surface area contributed by atoms with E-state index in [1.54, 1.807) is 18.9 Å². The first-order valence-electron chi connectivity index (χ1n) is 7.03. The molecular weight excluding hydrogens is 246 g/mol. The van der Waals surface area contributed by atoms with Gasteiger partial charge in [0, 0.05) is 20.2 Å². The van der Waals surface area contributed by atoms with Crippen LogP contribution in [-0.2, 0) is 14.3 Å². The summed E-state index contributed by atoms with van der Waals surface area (Å²) < 4.78 is 5.36. The fraction of sp³-hybridized carbons (Fsp3) is 0.857. The van der Waals surface area contributed by atoms with Crippen molar-refractivity contribution in [2.24, 2.45) is 11.3 Å². The summed E-state index contributed by atoms with van der Waals surface area (Å²) in [6.45, 7) is 2.80. The molecule has 1 heterocycles. The third kappa shape index (κ3) is 2.76. The molecule has 19 heavy (non-hydrogen) atoms. The Morgan fingerprint density at radius 3 is 2.26 bits per heavy atom. The van der Waals surface area contributed by atoms with Gasteiger partial charge in [-0.15, -0.1) is 0 Å². The molecule has 0 spiro atoms. The Bertz CT molecular complexity index is 356. The van der Waals surface area contributed by atoms with Crippen LogP contribution in [0.3, 0.4) is 0 Å². The van der Waals surface area contributed by atoms with Crippen LogP contribution in [0.25, 0.3) is 0 Å². The summed E-state index contributed by atoms with van der Waals surface area (Å²) in [5.74, 6) is -0.369. The van der Waals surface area contributed by atoms with E-state index in [1.165, 1.54) is 6.42 Å². The topological polar surface area (TPSA) is 66.8 Å². The van der Waals surface area contributed by atoms with Gasteiger partial charge >= 0.3 is 5.97 Å². The van der Waals surface area contributed by atoms with Gasteiger partial charge < -0.3 is 14.7 Å². The molecule has 1 N–H and O–H groups in total. The highest BCUT2D eigenvalue weighted by atomic mass is 16.5. The van der Waals surface area contributed by atoms with Gasteiger partial charge in [-0.3, -0.25) is 9.59 Å².